The van der Waals surface area contributed by atoms with Crippen molar-refractivity contribution < 1.29 is 0 Å². The van der Waals surface area contributed by atoms with Gasteiger partial charge >= 0.3 is 0 Å². The molecule has 0 aromatic carbocycles. The van der Waals surface area contributed by atoms with Gasteiger partial charge in [0.2, 0.25) is 0 Å². The molecule has 3 aromatic heterocycles. The maximum absolute atomic E-state index is 4.77. The summed E-state index contributed by atoms with van der Waals surface area (Å²) in [7, 11) is 0. The third-order valence-electron chi connectivity index (χ3n) is 4.65. The molecule has 0 bridgehead atoms. The van der Waals surface area contributed by atoms with Crippen LogP contribution in [0.1, 0.15) is 25.7 Å². The van der Waals surface area contributed by atoms with Crippen molar-refractivity contribution in [3.05, 3.63) is 60.9 Å². The Morgan fingerprint density at radius 3 is 2.12 bits per heavy atom. The van der Waals surface area contributed by atoms with E-state index in [1.54, 1.807) is 6.20 Å². The fourth-order valence-electron chi connectivity index (χ4n) is 3.32. The van der Waals surface area contributed by atoms with Crippen LogP contribution >= 0.6 is 0 Å². The summed E-state index contributed by atoms with van der Waals surface area (Å²) in [5, 5.41) is 0. The zero-order chi connectivity index (χ0) is 16.9. The molecule has 3 aromatic rings. The van der Waals surface area contributed by atoms with Crippen LogP contribution in [0.2, 0.25) is 0 Å². The number of pyridine rings is 3. The molecule has 0 atom stereocenters. The minimum absolute atomic E-state index is 0.875. The summed E-state index contributed by atoms with van der Waals surface area (Å²) >= 11 is 0. The molecular formula is C21H22N4. The first kappa shape index (κ1) is 15.8. The van der Waals surface area contributed by atoms with Gasteiger partial charge in [-0.2, -0.15) is 0 Å². The van der Waals surface area contributed by atoms with Crippen molar-refractivity contribution in [2.24, 2.45) is 0 Å². The fourth-order valence-corrected chi connectivity index (χ4v) is 3.32. The lowest BCUT2D eigenvalue weighted by atomic mass is 10.2. The largest absolute Gasteiger partial charge is 0.371 e. The van der Waals surface area contributed by atoms with Gasteiger partial charge in [-0.05, 0) is 49.2 Å². The molecule has 4 heterocycles. The molecule has 1 saturated heterocycles. The van der Waals surface area contributed by atoms with Gasteiger partial charge in [0.05, 0.1) is 22.8 Å². The molecule has 1 aliphatic rings. The van der Waals surface area contributed by atoms with E-state index in [0.29, 0.717) is 0 Å². The highest BCUT2D eigenvalue weighted by atomic mass is 15.1. The molecule has 0 aliphatic carbocycles. The minimum atomic E-state index is 0.875. The van der Waals surface area contributed by atoms with Crippen LogP contribution in [0, 0.1) is 0 Å². The number of nitrogens with zero attached hydrogens (tertiary/aromatic N) is 4. The molecule has 25 heavy (non-hydrogen) atoms. The number of rotatable bonds is 3. The highest BCUT2D eigenvalue weighted by Gasteiger charge is 2.12. The Bertz CT molecular complexity index is 824. The summed E-state index contributed by atoms with van der Waals surface area (Å²) in [6, 6.07) is 16.2. The third kappa shape index (κ3) is 3.68. The predicted octanol–water partition coefficient (Wildman–Crippen LogP) is 4.59. The standard InChI is InChI=1S/C21H22N4/c1-2-6-15-25(14-5-1)17-11-13-23-21(16-17)20-10-7-9-19(24-20)18-8-3-4-12-22-18/h3-4,7-13,16H,1-2,5-6,14-15H2. The summed E-state index contributed by atoms with van der Waals surface area (Å²) in [4.78, 5) is 16.2. The Morgan fingerprint density at radius 1 is 0.640 bits per heavy atom. The van der Waals surface area contributed by atoms with E-state index in [1.807, 2.05) is 42.6 Å². The zero-order valence-corrected chi connectivity index (χ0v) is 14.3. The van der Waals surface area contributed by atoms with Crippen molar-refractivity contribution in [2.45, 2.75) is 25.7 Å². The molecule has 0 unspecified atom stereocenters. The van der Waals surface area contributed by atoms with Gasteiger partial charge in [0.15, 0.2) is 0 Å². The van der Waals surface area contributed by atoms with Gasteiger partial charge < -0.3 is 4.90 Å². The molecule has 0 spiro atoms. The van der Waals surface area contributed by atoms with Gasteiger partial charge in [0, 0.05) is 31.2 Å². The quantitative estimate of drug-likeness (QED) is 0.704. The smallest absolute Gasteiger partial charge is 0.0907 e. The zero-order valence-electron chi connectivity index (χ0n) is 14.3. The number of anilines is 1. The van der Waals surface area contributed by atoms with Crippen LogP contribution in [0.3, 0.4) is 0 Å². The topological polar surface area (TPSA) is 41.9 Å². The fraction of sp³-hybridized carbons (Fsp3) is 0.286. The van der Waals surface area contributed by atoms with E-state index in [2.05, 4.69) is 27.0 Å². The predicted molar refractivity (Wildman–Crippen MR) is 101 cm³/mol. The van der Waals surface area contributed by atoms with E-state index >= 15 is 0 Å². The van der Waals surface area contributed by atoms with E-state index in [1.165, 1.54) is 31.4 Å². The lowest BCUT2D eigenvalue weighted by molar-refractivity contribution is 0.726. The average molecular weight is 330 g/mol. The van der Waals surface area contributed by atoms with Gasteiger partial charge in [-0.1, -0.05) is 25.0 Å². The number of aromatic nitrogens is 3. The second kappa shape index (κ2) is 7.43. The maximum Gasteiger partial charge on any atom is 0.0907 e. The Balaban J connectivity index is 1.65. The number of hydrogen-bond donors (Lipinski definition) is 0. The SMILES string of the molecule is c1ccc(-c2cccc(-c3cc(N4CCCCCC4)ccn3)n2)nc1. The number of hydrogen-bond acceptors (Lipinski definition) is 4. The second-order valence-electron chi connectivity index (χ2n) is 6.42. The van der Waals surface area contributed by atoms with E-state index in [-0.39, 0.29) is 0 Å². The van der Waals surface area contributed by atoms with Crippen molar-refractivity contribution in [3.8, 4) is 22.8 Å². The molecule has 0 N–H and O–H groups in total. The summed E-state index contributed by atoms with van der Waals surface area (Å²) < 4.78 is 0. The average Bonchev–Trinajstić information content (AvgIpc) is 2.98. The van der Waals surface area contributed by atoms with Gasteiger partial charge in [-0.15, -0.1) is 0 Å². The van der Waals surface area contributed by atoms with Crippen molar-refractivity contribution in [1.29, 1.82) is 0 Å². The Kier molecular flexibility index (Phi) is 4.68. The normalized spacial score (nSPS) is 15.0. The third-order valence-corrected chi connectivity index (χ3v) is 4.65. The molecule has 4 heteroatoms. The van der Waals surface area contributed by atoms with Gasteiger partial charge in [-0.25, -0.2) is 4.98 Å². The van der Waals surface area contributed by atoms with E-state index in [0.717, 1.165) is 35.9 Å². The van der Waals surface area contributed by atoms with Crippen LogP contribution in [-0.2, 0) is 0 Å². The Labute approximate surface area is 148 Å². The van der Waals surface area contributed by atoms with Crippen LogP contribution in [-0.4, -0.2) is 28.0 Å². The van der Waals surface area contributed by atoms with Crippen LogP contribution in [0.4, 0.5) is 5.69 Å². The molecule has 1 fully saturated rings. The van der Waals surface area contributed by atoms with Crippen LogP contribution in [0.5, 0.6) is 0 Å². The van der Waals surface area contributed by atoms with Gasteiger partial charge in [0.1, 0.15) is 0 Å². The van der Waals surface area contributed by atoms with Crippen LogP contribution in [0.25, 0.3) is 22.8 Å². The minimum Gasteiger partial charge on any atom is -0.371 e. The Morgan fingerprint density at radius 2 is 1.36 bits per heavy atom. The van der Waals surface area contributed by atoms with Gasteiger partial charge in [0.25, 0.3) is 0 Å². The molecular weight excluding hydrogens is 308 g/mol. The molecule has 1 aliphatic heterocycles. The summed E-state index contributed by atoms with van der Waals surface area (Å²) in [6.45, 7) is 2.26. The van der Waals surface area contributed by atoms with Crippen LogP contribution < -0.4 is 4.90 Å². The second-order valence-corrected chi connectivity index (χ2v) is 6.42. The summed E-state index contributed by atoms with van der Waals surface area (Å²) in [5.74, 6) is 0. The van der Waals surface area contributed by atoms with Crippen molar-refractivity contribution in [1.82, 2.24) is 15.0 Å². The lowest BCUT2D eigenvalue weighted by Gasteiger charge is -2.22. The van der Waals surface area contributed by atoms with Crippen LogP contribution in [0.15, 0.2) is 60.9 Å². The highest BCUT2D eigenvalue weighted by molar-refractivity contribution is 5.65. The van der Waals surface area contributed by atoms with Gasteiger partial charge in [-0.3, -0.25) is 9.97 Å². The first-order valence-electron chi connectivity index (χ1n) is 9.00. The molecule has 4 nitrogen and oxygen atoms in total. The van der Waals surface area contributed by atoms with Crippen molar-refractivity contribution in [2.75, 3.05) is 18.0 Å². The first-order chi connectivity index (χ1) is 12.4. The molecule has 4 rings (SSSR count). The molecule has 126 valence electrons. The monoisotopic (exact) mass is 330 g/mol. The van der Waals surface area contributed by atoms with Crippen molar-refractivity contribution in [3.63, 3.8) is 0 Å². The van der Waals surface area contributed by atoms with Crippen molar-refractivity contribution >= 4 is 5.69 Å². The maximum atomic E-state index is 4.77. The van der Waals surface area contributed by atoms with E-state index < -0.39 is 0 Å². The first-order valence-corrected chi connectivity index (χ1v) is 9.00. The molecule has 0 radical (unpaired) electrons. The summed E-state index contributed by atoms with van der Waals surface area (Å²) in [5.41, 5.74) is 4.81. The molecule has 0 amide bonds. The van der Waals surface area contributed by atoms with E-state index in [4.69, 9.17) is 4.98 Å². The summed E-state index contributed by atoms with van der Waals surface area (Å²) in [6.07, 6.45) is 8.90. The Hall–Kier alpha value is -2.75. The molecule has 0 saturated carbocycles. The highest BCUT2D eigenvalue weighted by Crippen LogP contribution is 2.25. The lowest BCUT2D eigenvalue weighted by Crippen LogP contribution is -2.23. The van der Waals surface area contributed by atoms with E-state index in [9.17, 15) is 0 Å².